The van der Waals surface area contributed by atoms with E-state index in [1.165, 1.54) is 6.92 Å². The standard InChI is InChI=1S/C12H12N2O3/c1-8(15)14-10-2-3-12(9(4-10)5-13)17-7-11-6-16-11/h2-4,11H,6-7H2,1H3,(H,14,15). The maximum Gasteiger partial charge on any atom is 0.221 e. The average Bonchev–Trinajstić information content (AvgIpc) is 3.10. The van der Waals surface area contributed by atoms with Crippen molar-refractivity contribution in [1.82, 2.24) is 0 Å². The van der Waals surface area contributed by atoms with Crippen molar-refractivity contribution in [3.63, 3.8) is 0 Å². The molecule has 1 unspecified atom stereocenters. The summed E-state index contributed by atoms with van der Waals surface area (Å²) >= 11 is 0. The van der Waals surface area contributed by atoms with Crippen LogP contribution >= 0.6 is 0 Å². The number of rotatable bonds is 4. The summed E-state index contributed by atoms with van der Waals surface area (Å²) < 4.78 is 10.5. The van der Waals surface area contributed by atoms with Gasteiger partial charge in [0.05, 0.1) is 12.2 Å². The van der Waals surface area contributed by atoms with Crippen LogP contribution in [0.1, 0.15) is 12.5 Å². The molecule has 17 heavy (non-hydrogen) atoms. The molecule has 88 valence electrons. The highest BCUT2D eigenvalue weighted by atomic mass is 16.6. The third-order valence-electron chi connectivity index (χ3n) is 2.25. The van der Waals surface area contributed by atoms with Crippen molar-refractivity contribution in [2.45, 2.75) is 13.0 Å². The van der Waals surface area contributed by atoms with E-state index in [1.54, 1.807) is 18.2 Å². The van der Waals surface area contributed by atoms with E-state index >= 15 is 0 Å². The van der Waals surface area contributed by atoms with E-state index in [9.17, 15) is 4.79 Å². The number of ether oxygens (including phenoxy) is 2. The predicted octanol–water partition coefficient (Wildman–Crippen LogP) is 1.29. The molecule has 0 saturated carbocycles. The molecule has 1 aliphatic rings. The largest absolute Gasteiger partial charge is 0.489 e. The van der Waals surface area contributed by atoms with Gasteiger partial charge >= 0.3 is 0 Å². The second kappa shape index (κ2) is 4.85. The molecule has 1 aromatic carbocycles. The Labute approximate surface area is 98.9 Å². The molecule has 5 heteroatoms. The number of benzene rings is 1. The van der Waals surface area contributed by atoms with Crippen LogP contribution in [-0.4, -0.2) is 25.2 Å². The maximum atomic E-state index is 10.9. The van der Waals surface area contributed by atoms with Crippen molar-refractivity contribution in [3.8, 4) is 11.8 Å². The summed E-state index contributed by atoms with van der Waals surface area (Å²) in [5, 5.41) is 11.6. The van der Waals surface area contributed by atoms with E-state index in [2.05, 4.69) is 5.32 Å². The highest BCUT2D eigenvalue weighted by molar-refractivity contribution is 5.89. The second-order valence-corrected chi connectivity index (χ2v) is 3.77. The lowest BCUT2D eigenvalue weighted by atomic mass is 10.2. The molecule has 1 amide bonds. The van der Waals surface area contributed by atoms with E-state index in [-0.39, 0.29) is 12.0 Å². The number of nitriles is 1. The van der Waals surface area contributed by atoms with Gasteiger partial charge in [-0.25, -0.2) is 0 Å². The monoisotopic (exact) mass is 232 g/mol. The van der Waals surface area contributed by atoms with Gasteiger partial charge in [0.15, 0.2) is 0 Å². The van der Waals surface area contributed by atoms with E-state index in [1.807, 2.05) is 6.07 Å². The fourth-order valence-corrected chi connectivity index (χ4v) is 1.37. The molecule has 0 radical (unpaired) electrons. The highest BCUT2D eigenvalue weighted by Gasteiger charge is 2.23. The molecule has 1 saturated heterocycles. The van der Waals surface area contributed by atoms with Crippen LogP contribution in [0.4, 0.5) is 5.69 Å². The topological polar surface area (TPSA) is 74.7 Å². The Balaban J connectivity index is 2.10. The summed E-state index contributed by atoms with van der Waals surface area (Å²) in [5.41, 5.74) is 0.987. The predicted molar refractivity (Wildman–Crippen MR) is 60.7 cm³/mol. The smallest absolute Gasteiger partial charge is 0.221 e. The third-order valence-corrected chi connectivity index (χ3v) is 2.25. The molecule has 2 rings (SSSR count). The van der Waals surface area contributed by atoms with Crippen LogP contribution < -0.4 is 10.1 Å². The number of nitrogens with zero attached hydrogens (tertiary/aromatic N) is 1. The summed E-state index contributed by atoms with van der Waals surface area (Å²) in [6.07, 6.45) is 0.150. The van der Waals surface area contributed by atoms with Crippen molar-refractivity contribution < 1.29 is 14.3 Å². The molecule has 1 aromatic rings. The number of carbonyl (C=O) groups excluding carboxylic acids is 1. The quantitative estimate of drug-likeness (QED) is 0.794. The molecule has 0 aliphatic carbocycles. The van der Waals surface area contributed by atoms with E-state index in [0.29, 0.717) is 30.2 Å². The normalized spacial score (nSPS) is 17.1. The first kappa shape index (κ1) is 11.4. The van der Waals surface area contributed by atoms with Crippen molar-refractivity contribution in [2.24, 2.45) is 0 Å². The number of nitrogens with one attached hydrogen (secondary N) is 1. The Hall–Kier alpha value is -2.06. The zero-order chi connectivity index (χ0) is 12.3. The highest BCUT2D eigenvalue weighted by Crippen LogP contribution is 2.23. The molecule has 0 aromatic heterocycles. The van der Waals surface area contributed by atoms with Crippen LogP contribution in [0.2, 0.25) is 0 Å². The van der Waals surface area contributed by atoms with Crippen LogP contribution in [0.25, 0.3) is 0 Å². The van der Waals surface area contributed by atoms with Gasteiger partial charge in [-0.15, -0.1) is 0 Å². The lowest BCUT2D eigenvalue weighted by molar-refractivity contribution is -0.114. The van der Waals surface area contributed by atoms with Gasteiger partial charge in [0.2, 0.25) is 5.91 Å². The lowest BCUT2D eigenvalue weighted by Crippen LogP contribution is -2.08. The second-order valence-electron chi connectivity index (χ2n) is 3.77. The Morgan fingerprint density at radius 2 is 2.47 bits per heavy atom. The van der Waals surface area contributed by atoms with Crippen molar-refractivity contribution in [2.75, 3.05) is 18.5 Å². The van der Waals surface area contributed by atoms with Crippen LogP contribution in [-0.2, 0) is 9.53 Å². The van der Waals surface area contributed by atoms with Gasteiger partial charge in [0.25, 0.3) is 0 Å². The summed E-state index contributed by atoms with van der Waals surface area (Å²) in [5.74, 6) is 0.339. The number of epoxide rings is 1. The summed E-state index contributed by atoms with van der Waals surface area (Å²) in [6.45, 7) is 2.58. The lowest BCUT2D eigenvalue weighted by Gasteiger charge is -2.08. The van der Waals surface area contributed by atoms with Crippen LogP contribution in [0.5, 0.6) is 5.75 Å². The Bertz CT molecular complexity index is 475. The minimum Gasteiger partial charge on any atom is -0.489 e. The van der Waals surface area contributed by atoms with Gasteiger partial charge in [-0.05, 0) is 18.2 Å². The number of anilines is 1. The van der Waals surface area contributed by atoms with Crippen LogP contribution in [0.3, 0.4) is 0 Å². The molecule has 1 heterocycles. The Morgan fingerprint density at radius 3 is 3.06 bits per heavy atom. The minimum absolute atomic E-state index is 0.150. The SMILES string of the molecule is CC(=O)Nc1ccc(OCC2CO2)c(C#N)c1. The maximum absolute atomic E-state index is 10.9. The van der Waals surface area contributed by atoms with Gasteiger partial charge < -0.3 is 14.8 Å². The van der Waals surface area contributed by atoms with Gasteiger partial charge in [-0.1, -0.05) is 0 Å². The minimum atomic E-state index is -0.172. The number of amides is 1. The number of hydrogen-bond acceptors (Lipinski definition) is 4. The van der Waals surface area contributed by atoms with Gasteiger partial charge in [-0.2, -0.15) is 5.26 Å². The van der Waals surface area contributed by atoms with E-state index < -0.39 is 0 Å². The Kier molecular flexibility index (Phi) is 3.26. The van der Waals surface area contributed by atoms with Crippen LogP contribution in [0.15, 0.2) is 18.2 Å². The zero-order valence-corrected chi connectivity index (χ0v) is 9.40. The molecular formula is C12H12N2O3. The average molecular weight is 232 g/mol. The molecule has 5 nitrogen and oxygen atoms in total. The van der Waals surface area contributed by atoms with Gasteiger partial charge in [0, 0.05) is 12.6 Å². The zero-order valence-electron chi connectivity index (χ0n) is 9.40. The van der Waals surface area contributed by atoms with Crippen molar-refractivity contribution >= 4 is 11.6 Å². The van der Waals surface area contributed by atoms with Crippen LogP contribution in [0, 0.1) is 11.3 Å². The molecular weight excluding hydrogens is 220 g/mol. The molecule has 0 spiro atoms. The summed E-state index contributed by atoms with van der Waals surface area (Å²) in [7, 11) is 0. The number of carbonyl (C=O) groups is 1. The van der Waals surface area contributed by atoms with Gasteiger partial charge in [0.1, 0.15) is 24.5 Å². The van der Waals surface area contributed by atoms with Gasteiger partial charge in [-0.3, -0.25) is 4.79 Å². The Morgan fingerprint density at radius 1 is 1.71 bits per heavy atom. The van der Waals surface area contributed by atoms with Crippen molar-refractivity contribution in [3.05, 3.63) is 23.8 Å². The molecule has 1 atom stereocenters. The molecule has 1 fully saturated rings. The fraction of sp³-hybridized carbons (Fsp3) is 0.333. The van der Waals surface area contributed by atoms with E-state index in [4.69, 9.17) is 14.7 Å². The third kappa shape index (κ3) is 3.20. The van der Waals surface area contributed by atoms with Crippen molar-refractivity contribution in [1.29, 1.82) is 5.26 Å². The summed E-state index contributed by atoms with van der Waals surface area (Å²) in [4.78, 5) is 10.9. The molecule has 1 N–H and O–H groups in total. The first-order valence-electron chi connectivity index (χ1n) is 5.25. The van der Waals surface area contributed by atoms with E-state index in [0.717, 1.165) is 0 Å². The first-order chi connectivity index (χ1) is 8.19. The fourth-order valence-electron chi connectivity index (χ4n) is 1.37. The summed E-state index contributed by atoms with van der Waals surface area (Å²) in [6, 6.07) is 7.00. The number of hydrogen-bond donors (Lipinski definition) is 1. The molecule has 1 aliphatic heterocycles. The molecule has 0 bridgehead atoms. The first-order valence-corrected chi connectivity index (χ1v) is 5.25.